The number of phenolic OH excluding ortho intramolecular Hbond substituents is 1. The molecule has 6 N–H and O–H groups in total. The monoisotopic (exact) mass is 440 g/mol. The zero-order valence-electron chi connectivity index (χ0n) is 18.4. The summed E-state index contributed by atoms with van der Waals surface area (Å²) in [4.78, 5) is 16.8. The molecule has 0 spiro atoms. The number of rotatable bonds is 5. The number of nitrogens with two attached hydrogens (primary N) is 2. The van der Waals surface area contributed by atoms with Crippen LogP contribution in [0.25, 0.3) is 11.8 Å². The summed E-state index contributed by atoms with van der Waals surface area (Å²) in [5.74, 6) is 0.416. The molecule has 8 heteroatoms. The number of likely N-dealkylation sites (tertiary alicyclic amines) is 1. The summed E-state index contributed by atoms with van der Waals surface area (Å²) in [6.07, 6.45) is 5.44. The van der Waals surface area contributed by atoms with E-state index in [1.165, 1.54) is 18.9 Å². The van der Waals surface area contributed by atoms with Gasteiger partial charge in [-0.25, -0.2) is 0 Å². The molecule has 0 saturated carbocycles. The van der Waals surface area contributed by atoms with Crippen molar-refractivity contribution in [1.82, 2.24) is 9.88 Å². The number of methoxy groups -OCH3 is 1. The maximum atomic E-state index is 11.9. The molecule has 2 saturated heterocycles. The lowest BCUT2D eigenvalue weighted by atomic mass is 10.0. The molecule has 1 amide bonds. The maximum Gasteiger partial charge on any atom is 0.246 e. The van der Waals surface area contributed by atoms with Crippen LogP contribution >= 0.6 is 0 Å². The molecule has 2 aromatic rings. The number of nitrogens with zero attached hydrogens (tertiary/aromatic N) is 1. The van der Waals surface area contributed by atoms with Gasteiger partial charge in [-0.3, -0.25) is 4.79 Å². The molecule has 32 heavy (non-hydrogen) atoms. The molecule has 1 aromatic carbocycles. The van der Waals surface area contributed by atoms with E-state index >= 15 is 0 Å². The van der Waals surface area contributed by atoms with E-state index in [1.807, 2.05) is 6.07 Å². The van der Waals surface area contributed by atoms with Gasteiger partial charge in [0.2, 0.25) is 5.91 Å². The zero-order chi connectivity index (χ0) is 23.1. The van der Waals surface area contributed by atoms with Crippen LogP contribution in [-0.2, 0) is 14.3 Å². The SMILES string of the molecule is C1CCOC1.C=CC(=O)N1CC(OC)C(c2cc(/C=C(\N)c3ccccc3O)c(N)[nH]2)C1. The summed E-state index contributed by atoms with van der Waals surface area (Å²) in [5.41, 5.74) is 14.8. The zero-order valence-corrected chi connectivity index (χ0v) is 18.4. The van der Waals surface area contributed by atoms with Crippen molar-refractivity contribution in [2.45, 2.75) is 24.9 Å². The number of benzene rings is 1. The Morgan fingerprint density at radius 1 is 1.31 bits per heavy atom. The number of nitrogens with one attached hydrogen (secondary N) is 1. The molecule has 2 atom stereocenters. The number of H-pyrrole nitrogens is 1. The van der Waals surface area contributed by atoms with Gasteiger partial charge >= 0.3 is 0 Å². The highest BCUT2D eigenvalue weighted by atomic mass is 16.5. The van der Waals surface area contributed by atoms with Crippen LogP contribution in [-0.4, -0.2) is 60.4 Å². The minimum Gasteiger partial charge on any atom is -0.507 e. The number of carbonyl (C=O) groups excluding carboxylic acids is 1. The first-order valence-electron chi connectivity index (χ1n) is 10.7. The van der Waals surface area contributed by atoms with Crippen LogP contribution in [0.1, 0.15) is 35.6 Å². The fraction of sp³-hybridized carbons (Fsp3) is 0.375. The number of hydrogen-bond donors (Lipinski definition) is 4. The van der Waals surface area contributed by atoms with Crippen molar-refractivity contribution in [1.29, 1.82) is 0 Å². The number of ether oxygens (including phenoxy) is 2. The molecular weight excluding hydrogens is 408 g/mol. The maximum absolute atomic E-state index is 11.9. The molecule has 172 valence electrons. The molecule has 1 aromatic heterocycles. The number of hydrogen-bond acceptors (Lipinski definition) is 6. The van der Waals surface area contributed by atoms with E-state index in [2.05, 4.69) is 11.6 Å². The van der Waals surface area contributed by atoms with Crippen LogP contribution in [0, 0.1) is 0 Å². The number of phenols is 1. The van der Waals surface area contributed by atoms with Crippen LogP contribution in [0.3, 0.4) is 0 Å². The molecular formula is C24H32N4O4. The lowest BCUT2D eigenvalue weighted by molar-refractivity contribution is -0.125. The Hall–Kier alpha value is -3.23. The summed E-state index contributed by atoms with van der Waals surface area (Å²) in [5, 5.41) is 9.96. The Kier molecular flexibility index (Phi) is 7.97. The third-order valence-electron chi connectivity index (χ3n) is 5.71. The van der Waals surface area contributed by atoms with Crippen LogP contribution in [0.15, 0.2) is 43.0 Å². The van der Waals surface area contributed by atoms with Crippen molar-refractivity contribution in [3.63, 3.8) is 0 Å². The van der Waals surface area contributed by atoms with Crippen LogP contribution in [0.4, 0.5) is 5.82 Å². The molecule has 0 bridgehead atoms. The van der Waals surface area contributed by atoms with Gasteiger partial charge in [0.15, 0.2) is 0 Å². The van der Waals surface area contributed by atoms with Crippen molar-refractivity contribution >= 4 is 23.5 Å². The minimum atomic E-state index is -0.140. The summed E-state index contributed by atoms with van der Waals surface area (Å²) >= 11 is 0. The number of carbonyl (C=O) groups is 1. The molecule has 0 aliphatic carbocycles. The summed E-state index contributed by atoms with van der Waals surface area (Å²) < 4.78 is 10.5. The molecule has 0 radical (unpaired) electrons. The number of aromatic nitrogens is 1. The van der Waals surface area contributed by atoms with Crippen LogP contribution in [0.2, 0.25) is 0 Å². The summed E-state index contributed by atoms with van der Waals surface area (Å²) in [6, 6.07) is 8.75. The van der Waals surface area contributed by atoms with Crippen molar-refractivity contribution in [2.75, 3.05) is 39.1 Å². The van der Waals surface area contributed by atoms with E-state index in [9.17, 15) is 9.90 Å². The summed E-state index contributed by atoms with van der Waals surface area (Å²) in [7, 11) is 1.63. The second-order valence-electron chi connectivity index (χ2n) is 7.86. The van der Waals surface area contributed by atoms with Crippen molar-refractivity contribution < 1.29 is 19.4 Å². The van der Waals surface area contributed by atoms with Gasteiger partial charge in [0.25, 0.3) is 0 Å². The topological polar surface area (TPSA) is 127 Å². The lowest BCUT2D eigenvalue weighted by Crippen LogP contribution is -2.28. The van der Waals surface area contributed by atoms with Crippen LogP contribution in [0.5, 0.6) is 5.75 Å². The normalized spacial score (nSPS) is 20.7. The Labute approximate surface area is 188 Å². The Morgan fingerprint density at radius 2 is 2.03 bits per heavy atom. The third kappa shape index (κ3) is 5.52. The van der Waals surface area contributed by atoms with E-state index in [4.69, 9.17) is 20.9 Å². The molecule has 4 rings (SSSR count). The van der Waals surface area contributed by atoms with Gasteiger partial charge in [-0.1, -0.05) is 18.7 Å². The molecule has 2 aliphatic rings. The largest absolute Gasteiger partial charge is 0.507 e. The van der Waals surface area contributed by atoms with E-state index < -0.39 is 0 Å². The standard InChI is InChI=1S/C20H24N4O3.C4H8O/c1-3-19(26)24-10-14(18(11-24)27-2)16-9-12(20(22)23-16)8-15(21)13-6-4-5-7-17(13)25;1-2-4-5-3-1/h3-9,14,18,23,25H,1,10-11,21-22H2,2H3;1-4H2/b15-8-;. The highest BCUT2D eigenvalue weighted by molar-refractivity contribution is 5.87. The van der Waals surface area contributed by atoms with E-state index in [0.717, 1.165) is 18.9 Å². The lowest BCUT2D eigenvalue weighted by Gasteiger charge is -2.14. The van der Waals surface area contributed by atoms with Gasteiger partial charge in [0.05, 0.1) is 6.10 Å². The fourth-order valence-corrected chi connectivity index (χ4v) is 3.92. The van der Waals surface area contributed by atoms with E-state index in [-0.39, 0.29) is 23.7 Å². The second-order valence-corrected chi connectivity index (χ2v) is 7.86. The van der Waals surface area contributed by atoms with Gasteiger partial charge < -0.3 is 35.9 Å². The highest BCUT2D eigenvalue weighted by Crippen LogP contribution is 2.32. The minimum absolute atomic E-state index is 0.0327. The first kappa shape index (κ1) is 23.4. The van der Waals surface area contributed by atoms with Crippen molar-refractivity contribution in [3.8, 4) is 5.75 Å². The number of amides is 1. The fourth-order valence-electron chi connectivity index (χ4n) is 3.92. The number of anilines is 1. The number of aromatic hydroxyl groups is 1. The molecule has 8 nitrogen and oxygen atoms in total. The highest BCUT2D eigenvalue weighted by Gasteiger charge is 2.36. The van der Waals surface area contributed by atoms with E-state index in [1.54, 1.807) is 42.4 Å². The first-order chi connectivity index (χ1) is 15.4. The number of aromatic amines is 1. The predicted octanol–water partition coefficient (Wildman–Crippen LogP) is 2.68. The molecule has 3 heterocycles. The van der Waals surface area contributed by atoms with Crippen molar-refractivity contribution in [2.24, 2.45) is 5.73 Å². The quantitative estimate of drug-likeness (QED) is 0.530. The second kappa shape index (κ2) is 10.9. The van der Waals surface area contributed by atoms with E-state index in [0.29, 0.717) is 35.7 Å². The van der Waals surface area contributed by atoms with Gasteiger partial charge in [0, 0.05) is 61.8 Å². The van der Waals surface area contributed by atoms with Gasteiger partial charge in [-0.2, -0.15) is 0 Å². The Morgan fingerprint density at radius 3 is 2.62 bits per heavy atom. The number of nitrogen functional groups attached to an aromatic ring is 1. The average molecular weight is 441 g/mol. The Balaban J connectivity index is 0.000000509. The first-order valence-corrected chi connectivity index (χ1v) is 10.7. The average Bonchev–Trinajstić information content (AvgIpc) is 3.56. The molecule has 2 fully saturated rings. The third-order valence-corrected chi connectivity index (χ3v) is 5.71. The van der Waals surface area contributed by atoms with Gasteiger partial charge in [0.1, 0.15) is 11.6 Å². The predicted molar refractivity (Wildman–Crippen MR) is 126 cm³/mol. The molecule has 2 unspecified atom stereocenters. The van der Waals surface area contributed by atoms with Gasteiger partial charge in [-0.15, -0.1) is 0 Å². The van der Waals surface area contributed by atoms with Gasteiger partial charge in [-0.05, 0) is 43.2 Å². The van der Waals surface area contributed by atoms with Crippen molar-refractivity contribution in [3.05, 3.63) is 59.8 Å². The smallest absolute Gasteiger partial charge is 0.246 e. The molecule has 2 aliphatic heterocycles. The summed E-state index contributed by atoms with van der Waals surface area (Å²) in [6.45, 7) is 6.55. The van der Waals surface area contributed by atoms with Crippen LogP contribution < -0.4 is 11.5 Å². The Bertz CT molecular complexity index is 957. The number of para-hydroxylation sites is 1.